The van der Waals surface area contributed by atoms with E-state index >= 15 is 0 Å². The van der Waals surface area contributed by atoms with Gasteiger partial charge < -0.3 is 0 Å². The van der Waals surface area contributed by atoms with Crippen molar-refractivity contribution < 1.29 is 9.59 Å². The summed E-state index contributed by atoms with van der Waals surface area (Å²) in [6, 6.07) is 5.75. The molecule has 2 atom stereocenters. The number of hydrogen-bond acceptors (Lipinski definition) is 4. The molecule has 0 radical (unpaired) electrons. The Bertz CT molecular complexity index is 558. The summed E-state index contributed by atoms with van der Waals surface area (Å²) in [6.45, 7) is 0. The van der Waals surface area contributed by atoms with Gasteiger partial charge >= 0.3 is 0 Å². The summed E-state index contributed by atoms with van der Waals surface area (Å²) in [5.74, 6) is -1.30. The zero-order chi connectivity index (χ0) is 12.9. The van der Waals surface area contributed by atoms with Gasteiger partial charge in [0, 0.05) is 23.0 Å². The minimum atomic E-state index is -0.741. The Labute approximate surface area is 113 Å². The highest BCUT2D eigenvalue weighted by Crippen LogP contribution is 2.33. The number of amides is 2. The normalized spacial score (nSPS) is 26.1. The highest BCUT2D eigenvalue weighted by atomic mass is 35.5. The standard InChI is InChI=1S/C11H7Cl2N3O2/c12-6-1-3-7(4-2-6)15-10(17)8-5-14-16(13)9(8)11(15)18/h1-5,8-9H. The van der Waals surface area contributed by atoms with Crippen LogP contribution < -0.4 is 4.90 Å². The molecule has 2 aliphatic heterocycles. The Morgan fingerprint density at radius 3 is 2.39 bits per heavy atom. The topological polar surface area (TPSA) is 53.0 Å². The Kier molecular flexibility index (Phi) is 2.53. The molecule has 1 aromatic carbocycles. The van der Waals surface area contributed by atoms with Gasteiger partial charge in [-0.15, -0.1) is 0 Å². The average molecular weight is 284 g/mol. The van der Waals surface area contributed by atoms with Crippen LogP contribution in [0.15, 0.2) is 29.4 Å². The van der Waals surface area contributed by atoms with Crippen LogP contribution in [-0.2, 0) is 9.59 Å². The lowest BCUT2D eigenvalue weighted by Crippen LogP contribution is -2.35. The first-order valence-corrected chi connectivity index (χ1v) is 5.93. The number of anilines is 1. The van der Waals surface area contributed by atoms with Crippen LogP contribution in [0.25, 0.3) is 0 Å². The zero-order valence-electron chi connectivity index (χ0n) is 8.96. The maximum Gasteiger partial charge on any atom is 0.261 e. The lowest BCUT2D eigenvalue weighted by Gasteiger charge is -2.16. The van der Waals surface area contributed by atoms with E-state index in [1.165, 1.54) is 6.21 Å². The number of carbonyl (C=O) groups excluding carboxylic acids is 2. The predicted octanol–water partition coefficient (Wildman–Crippen LogP) is 1.65. The zero-order valence-corrected chi connectivity index (χ0v) is 10.5. The van der Waals surface area contributed by atoms with E-state index in [1.54, 1.807) is 24.3 Å². The molecule has 2 heterocycles. The number of halogens is 2. The Morgan fingerprint density at radius 2 is 1.78 bits per heavy atom. The van der Waals surface area contributed by atoms with Crippen molar-refractivity contribution in [2.45, 2.75) is 6.04 Å². The van der Waals surface area contributed by atoms with E-state index in [4.69, 9.17) is 23.4 Å². The van der Waals surface area contributed by atoms with Gasteiger partial charge in [-0.1, -0.05) is 11.6 Å². The molecule has 1 fully saturated rings. The van der Waals surface area contributed by atoms with Crippen LogP contribution in [0.4, 0.5) is 5.69 Å². The van der Waals surface area contributed by atoms with Crippen LogP contribution in [0, 0.1) is 5.92 Å². The molecule has 92 valence electrons. The van der Waals surface area contributed by atoms with Crippen molar-refractivity contribution in [3.63, 3.8) is 0 Å². The van der Waals surface area contributed by atoms with Crippen LogP contribution in [0.3, 0.4) is 0 Å². The minimum Gasteiger partial charge on any atom is -0.273 e. The summed E-state index contributed by atoms with van der Waals surface area (Å²) in [5.41, 5.74) is 0.488. The van der Waals surface area contributed by atoms with Crippen LogP contribution in [0.2, 0.25) is 5.02 Å². The van der Waals surface area contributed by atoms with Gasteiger partial charge in [-0.05, 0) is 24.3 Å². The van der Waals surface area contributed by atoms with Crippen molar-refractivity contribution in [2.24, 2.45) is 11.0 Å². The largest absolute Gasteiger partial charge is 0.273 e. The Balaban J connectivity index is 1.99. The first kappa shape index (κ1) is 11.5. The third kappa shape index (κ3) is 1.51. The fourth-order valence-corrected chi connectivity index (χ4v) is 2.48. The Hall–Kier alpha value is -1.59. The molecule has 2 unspecified atom stereocenters. The summed E-state index contributed by atoms with van der Waals surface area (Å²) < 4.78 is 1.00. The van der Waals surface area contributed by atoms with Gasteiger partial charge in [0.05, 0.1) is 5.69 Å². The first-order chi connectivity index (χ1) is 8.59. The SMILES string of the molecule is O=C1C2C=NN(Cl)C2C(=O)N1c1ccc(Cl)cc1. The van der Waals surface area contributed by atoms with Crippen molar-refractivity contribution >= 4 is 47.1 Å². The molecule has 3 rings (SSSR count). The van der Waals surface area contributed by atoms with Crippen LogP contribution in [0.5, 0.6) is 0 Å². The fraction of sp³-hybridized carbons (Fsp3) is 0.182. The van der Waals surface area contributed by atoms with Crippen LogP contribution in [0.1, 0.15) is 0 Å². The van der Waals surface area contributed by atoms with E-state index in [1.807, 2.05) is 0 Å². The lowest BCUT2D eigenvalue weighted by molar-refractivity contribution is -0.122. The summed E-state index contributed by atoms with van der Waals surface area (Å²) in [5, 5.41) is 4.29. The second kappa shape index (κ2) is 3.96. The summed E-state index contributed by atoms with van der Waals surface area (Å²) >= 11 is 11.5. The fourth-order valence-electron chi connectivity index (χ4n) is 2.10. The number of rotatable bonds is 1. The van der Waals surface area contributed by atoms with Gasteiger partial charge in [0.25, 0.3) is 5.91 Å². The van der Waals surface area contributed by atoms with Crippen LogP contribution in [-0.4, -0.2) is 28.6 Å². The van der Waals surface area contributed by atoms with Gasteiger partial charge in [0.15, 0.2) is 6.04 Å². The number of carbonyl (C=O) groups is 2. The van der Waals surface area contributed by atoms with Crippen molar-refractivity contribution in [2.75, 3.05) is 4.90 Å². The van der Waals surface area contributed by atoms with E-state index in [0.29, 0.717) is 10.7 Å². The summed E-state index contributed by atoms with van der Waals surface area (Å²) in [6.07, 6.45) is 1.40. The molecule has 18 heavy (non-hydrogen) atoms. The quantitative estimate of drug-likeness (QED) is 0.582. The van der Waals surface area contributed by atoms with Gasteiger partial charge in [-0.25, -0.2) is 4.90 Å². The first-order valence-electron chi connectivity index (χ1n) is 5.22. The molecule has 0 aliphatic carbocycles. The molecule has 2 amide bonds. The van der Waals surface area contributed by atoms with E-state index in [9.17, 15) is 9.59 Å². The maximum atomic E-state index is 12.2. The number of fused-ring (bicyclic) bond motifs is 1. The predicted molar refractivity (Wildman–Crippen MR) is 67.4 cm³/mol. The monoisotopic (exact) mass is 283 g/mol. The molecule has 1 saturated heterocycles. The maximum absolute atomic E-state index is 12.2. The second-order valence-electron chi connectivity index (χ2n) is 4.01. The van der Waals surface area contributed by atoms with Crippen molar-refractivity contribution in [3.8, 4) is 0 Å². The molecule has 0 bridgehead atoms. The number of benzene rings is 1. The molecule has 0 saturated carbocycles. The lowest BCUT2D eigenvalue weighted by atomic mass is 10.1. The molecular formula is C11H7Cl2N3O2. The number of hydrazone groups is 1. The van der Waals surface area contributed by atoms with E-state index in [2.05, 4.69) is 5.10 Å². The second-order valence-corrected chi connectivity index (χ2v) is 4.79. The molecule has 0 N–H and O–H groups in total. The van der Waals surface area contributed by atoms with E-state index < -0.39 is 12.0 Å². The number of hydrogen-bond donors (Lipinski definition) is 0. The highest BCUT2D eigenvalue weighted by Gasteiger charge is 2.53. The van der Waals surface area contributed by atoms with E-state index in [-0.39, 0.29) is 11.8 Å². The minimum absolute atomic E-state index is 0.320. The average Bonchev–Trinajstić information content (AvgIpc) is 2.83. The summed E-state index contributed by atoms with van der Waals surface area (Å²) in [7, 11) is 0. The smallest absolute Gasteiger partial charge is 0.261 e. The molecule has 1 aromatic rings. The van der Waals surface area contributed by atoms with E-state index in [0.717, 1.165) is 9.43 Å². The van der Waals surface area contributed by atoms with Gasteiger partial charge in [-0.3, -0.25) is 9.59 Å². The van der Waals surface area contributed by atoms with Gasteiger partial charge in [0.2, 0.25) is 5.91 Å². The summed E-state index contributed by atoms with van der Waals surface area (Å²) in [4.78, 5) is 25.4. The molecular weight excluding hydrogens is 277 g/mol. The molecule has 0 aromatic heterocycles. The van der Waals surface area contributed by atoms with Crippen LogP contribution >= 0.6 is 23.4 Å². The van der Waals surface area contributed by atoms with Crippen molar-refractivity contribution in [3.05, 3.63) is 29.3 Å². The molecule has 0 spiro atoms. The molecule has 7 heteroatoms. The third-order valence-corrected chi connectivity index (χ3v) is 3.52. The van der Waals surface area contributed by atoms with Crippen molar-refractivity contribution in [1.82, 2.24) is 4.53 Å². The van der Waals surface area contributed by atoms with Gasteiger partial charge in [0.1, 0.15) is 5.92 Å². The Morgan fingerprint density at radius 1 is 1.11 bits per heavy atom. The third-order valence-electron chi connectivity index (χ3n) is 2.97. The number of imide groups is 1. The van der Waals surface area contributed by atoms with Crippen molar-refractivity contribution in [1.29, 1.82) is 0 Å². The number of nitrogens with zero attached hydrogens (tertiary/aromatic N) is 3. The van der Waals surface area contributed by atoms with Gasteiger partial charge in [-0.2, -0.15) is 9.63 Å². The molecule has 5 nitrogen and oxygen atoms in total. The molecule has 2 aliphatic rings. The highest BCUT2D eigenvalue weighted by molar-refractivity contribution is 6.32.